The molecule has 36 heavy (non-hydrogen) atoms. The second-order valence-corrected chi connectivity index (χ2v) is 11.9. The van der Waals surface area contributed by atoms with Gasteiger partial charge in [-0.3, -0.25) is 0 Å². The number of alkyl carbamates (subject to hydrolysis) is 1. The first-order valence-electron chi connectivity index (χ1n) is 12.8. The van der Waals surface area contributed by atoms with Crippen LogP contribution in [0.5, 0.6) is 5.75 Å². The predicted octanol–water partition coefficient (Wildman–Crippen LogP) is 5.40. The number of ether oxygens (including phenoxy) is 2. The molecular weight excluding hydrogens is 478 g/mol. The van der Waals surface area contributed by atoms with Gasteiger partial charge in [0.1, 0.15) is 11.4 Å². The number of methoxy groups -OCH3 is 1. The van der Waals surface area contributed by atoms with E-state index < -0.39 is 15.6 Å². The molecule has 1 amide bonds. The molecule has 0 aliphatic heterocycles. The van der Waals surface area contributed by atoms with Crippen LogP contribution in [0, 0.1) is 12.3 Å². The van der Waals surface area contributed by atoms with Gasteiger partial charge in [0.05, 0.1) is 24.2 Å². The Hall–Kier alpha value is -2.44. The summed E-state index contributed by atoms with van der Waals surface area (Å²) in [6, 6.07) is 4.77. The van der Waals surface area contributed by atoms with Crippen molar-refractivity contribution in [1.29, 1.82) is 0 Å². The summed E-state index contributed by atoms with van der Waals surface area (Å²) >= 11 is 0. The monoisotopic (exact) mass is 523 g/mol. The number of carbonyl (C=O) groups excluding carboxylic acids is 1. The van der Waals surface area contributed by atoms with E-state index >= 15 is 0 Å². The van der Waals surface area contributed by atoms with E-state index in [-0.39, 0.29) is 11.0 Å². The van der Waals surface area contributed by atoms with Gasteiger partial charge >= 0.3 is 6.09 Å². The highest BCUT2D eigenvalue weighted by Crippen LogP contribution is 2.28. The van der Waals surface area contributed by atoms with E-state index in [1.807, 2.05) is 20.8 Å². The molecule has 0 fully saturated rings. The number of benzene rings is 1. The Balaban J connectivity index is 2.19. The van der Waals surface area contributed by atoms with Crippen LogP contribution in [-0.4, -0.2) is 58.2 Å². The van der Waals surface area contributed by atoms with E-state index in [1.165, 1.54) is 30.3 Å². The second kappa shape index (κ2) is 16.3. The van der Waals surface area contributed by atoms with E-state index in [0.717, 1.165) is 44.9 Å². The molecule has 0 saturated heterocycles. The summed E-state index contributed by atoms with van der Waals surface area (Å²) in [6.45, 7) is 7.01. The first-order chi connectivity index (χ1) is 17.0. The first-order valence-corrected chi connectivity index (χ1v) is 14.2. The fourth-order valence-corrected chi connectivity index (χ4v) is 4.85. The standard InChI is InChI=1S/C27H45N3O5S/c1-7-19-28-24-18-17-23(22-25(24)34-6)36(32,33)30(5)21-16-14-12-10-8-9-11-13-15-20-29-26(31)35-27(2,3)4/h1,17-18,22,28H,8-16,19-21H2,2-6H3,(H,29,31). The molecule has 0 unspecified atom stereocenters. The summed E-state index contributed by atoms with van der Waals surface area (Å²) in [7, 11) is -0.469. The number of rotatable bonds is 17. The summed E-state index contributed by atoms with van der Waals surface area (Å²) in [4.78, 5) is 11.8. The maximum absolute atomic E-state index is 12.9. The van der Waals surface area contributed by atoms with E-state index in [9.17, 15) is 13.2 Å². The van der Waals surface area contributed by atoms with Gasteiger partial charge in [0, 0.05) is 26.2 Å². The Morgan fingerprint density at radius 2 is 1.61 bits per heavy atom. The minimum absolute atomic E-state index is 0.203. The number of nitrogens with one attached hydrogen (secondary N) is 2. The number of nitrogens with zero attached hydrogens (tertiary/aromatic N) is 1. The molecule has 2 N–H and O–H groups in total. The molecule has 0 aromatic heterocycles. The SMILES string of the molecule is C#CCNc1ccc(S(=O)(=O)N(C)CCCCCCCCCCCNC(=O)OC(C)(C)C)cc1OC. The maximum atomic E-state index is 12.9. The van der Waals surface area contributed by atoms with E-state index in [4.69, 9.17) is 15.9 Å². The molecule has 0 spiro atoms. The highest BCUT2D eigenvalue weighted by atomic mass is 32.2. The normalized spacial score (nSPS) is 11.7. The molecule has 0 radical (unpaired) electrons. The molecule has 0 bridgehead atoms. The molecule has 0 aliphatic carbocycles. The Kier molecular flexibility index (Phi) is 14.3. The number of carbonyl (C=O) groups is 1. The van der Waals surface area contributed by atoms with Crippen molar-refractivity contribution < 1.29 is 22.7 Å². The highest BCUT2D eigenvalue weighted by molar-refractivity contribution is 7.89. The largest absolute Gasteiger partial charge is 0.495 e. The molecule has 1 aromatic carbocycles. The van der Waals surface area contributed by atoms with Crippen LogP contribution in [0.4, 0.5) is 10.5 Å². The van der Waals surface area contributed by atoms with Crippen molar-refractivity contribution in [3.05, 3.63) is 18.2 Å². The Labute approximate surface area is 218 Å². The number of amides is 1. The third-order valence-electron chi connectivity index (χ3n) is 5.58. The molecule has 0 atom stereocenters. The third-order valence-corrected chi connectivity index (χ3v) is 7.43. The number of terminal acetylenes is 1. The van der Waals surface area contributed by atoms with Crippen LogP contribution in [0.1, 0.15) is 78.6 Å². The maximum Gasteiger partial charge on any atom is 0.407 e. The number of hydrogen-bond acceptors (Lipinski definition) is 6. The lowest BCUT2D eigenvalue weighted by atomic mass is 10.1. The van der Waals surface area contributed by atoms with Gasteiger partial charge in [-0.15, -0.1) is 6.42 Å². The van der Waals surface area contributed by atoms with E-state index in [1.54, 1.807) is 19.2 Å². The van der Waals surface area contributed by atoms with E-state index in [0.29, 0.717) is 31.1 Å². The van der Waals surface area contributed by atoms with Gasteiger partial charge in [0.15, 0.2) is 0 Å². The molecule has 0 aliphatic rings. The van der Waals surface area contributed by atoms with Gasteiger partial charge in [-0.05, 0) is 45.7 Å². The minimum Gasteiger partial charge on any atom is -0.495 e. The highest BCUT2D eigenvalue weighted by Gasteiger charge is 2.22. The Morgan fingerprint density at radius 3 is 2.17 bits per heavy atom. The van der Waals surface area contributed by atoms with Gasteiger partial charge < -0.3 is 20.1 Å². The lowest BCUT2D eigenvalue weighted by Crippen LogP contribution is -2.32. The zero-order chi connectivity index (χ0) is 27.0. The van der Waals surface area contributed by atoms with Crippen LogP contribution < -0.4 is 15.4 Å². The molecule has 0 heterocycles. The van der Waals surface area contributed by atoms with Crippen molar-refractivity contribution in [2.24, 2.45) is 0 Å². The van der Waals surface area contributed by atoms with Gasteiger partial charge in [-0.2, -0.15) is 0 Å². The fraction of sp³-hybridized carbons (Fsp3) is 0.667. The van der Waals surface area contributed by atoms with Crippen LogP contribution >= 0.6 is 0 Å². The minimum atomic E-state index is -3.58. The topological polar surface area (TPSA) is 97.0 Å². The zero-order valence-corrected chi connectivity index (χ0v) is 23.5. The lowest BCUT2D eigenvalue weighted by molar-refractivity contribution is 0.0527. The fourth-order valence-electron chi connectivity index (χ4n) is 3.63. The smallest absolute Gasteiger partial charge is 0.407 e. The summed E-state index contributed by atoms with van der Waals surface area (Å²) in [5.41, 5.74) is 0.198. The van der Waals surface area contributed by atoms with Gasteiger partial charge in [0.2, 0.25) is 10.0 Å². The van der Waals surface area contributed by atoms with Crippen molar-refractivity contribution in [3.63, 3.8) is 0 Å². The summed E-state index contributed by atoms with van der Waals surface area (Å²) < 4.78 is 37.8. The number of anilines is 1. The first kappa shape index (κ1) is 31.6. The average molecular weight is 524 g/mol. The quantitative estimate of drug-likeness (QED) is 0.210. The van der Waals surface area contributed by atoms with Gasteiger partial charge in [-0.1, -0.05) is 50.9 Å². The number of hydrogen-bond donors (Lipinski definition) is 2. The Morgan fingerprint density at radius 1 is 1.03 bits per heavy atom. The van der Waals surface area contributed by atoms with Crippen molar-refractivity contribution >= 4 is 21.8 Å². The molecule has 1 rings (SSSR count). The zero-order valence-electron chi connectivity index (χ0n) is 22.7. The van der Waals surface area contributed by atoms with Gasteiger partial charge in [0.25, 0.3) is 0 Å². The van der Waals surface area contributed by atoms with E-state index in [2.05, 4.69) is 16.6 Å². The average Bonchev–Trinajstić information content (AvgIpc) is 2.81. The molecular formula is C27H45N3O5S. The lowest BCUT2D eigenvalue weighted by Gasteiger charge is -2.19. The molecule has 9 heteroatoms. The summed E-state index contributed by atoms with van der Waals surface area (Å²) in [5.74, 6) is 2.93. The molecule has 1 aromatic rings. The van der Waals surface area contributed by atoms with Crippen molar-refractivity contribution in [3.8, 4) is 18.1 Å². The molecule has 8 nitrogen and oxygen atoms in total. The molecule has 0 saturated carbocycles. The van der Waals surface area contributed by atoms with Crippen LogP contribution in [0.15, 0.2) is 23.1 Å². The summed E-state index contributed by atoms with van der Waals surface area (Å²) in [5, 5.41) is 5.80. The number of sulfonamides is 1. The second-order valence-electron chi connectivity index (χ2n) is 9.86. The van der Waals surface area contributed by atoms with Crippen LogP contribution in [0.25, 0.3) is 0 Å². The Bertz CT molecular complexity index is 936. The number of unbranched alkanes of at least 4 members (excludes halogenated alkanes) is 8. The van der Waals surface area contributed by atoms with Crippen LogP contribution in [-0.2, 0) is 14.8 Å². The van der Waals surface area contributed by atoms with Crippen molar-refractivity contribution in [1.82, 2.24) is 9.62 Å². The predicted molar refractivity (Wildman–Crippen MR) is 146 cm³/mol. The van der Waals surface area contributed by atoms with Crippen molar-refractivity contribution in [2.45, 2.75) is 89.1 Å². The van der Waals surface area contributed by atoms with Gasteiger partial charge in [-0.25, -0.2) is 17.5 Å². The van der Waals surface area contributed by atoms with Crippen molar-refractivity contribution in [2.75, 3.05) is 39.1 Å². The summed E-state index contributed by atoms with van der Waals surface area (Å²) in [6.07, 6.45) is 14.5. The van der Waals surface area contributed by atoms with Crippen LogP contribution in [0.2, 0.25) is 0 Å². The molecule has 204 valence electrons. The van der Waals surface area contributed by atoms with Crippen LogP contribution in [0.3, 0.4) is 0 Å². The third kappa shape index (κ3) is 12.5.